The number of halogens is 1. The molecule has 0 radical (unpaired) electrons. The number of aryl methyl sites for hydroxylation is 2. The van der Waals surface area contributed by atoms with Crippen molar-refractivity contribution >= 4 is 10.9 Å². The predicted octanol–water partition coefficient (Wildman–Crippen LogP) is 3.59. The van der Waals surface area contributed by atoms with E-state index in [1.54, 1.807) is 13.2 Å². The molecule has 1 aliphatic rings. The van der Waals surface area contributed by atoms with Gasteiger partial charge >= 0.3 is 0 Å². The molecule has 4 heteroatoms. The number of hydrogen-bond acceptors (Lipinski definition) is 2. The zero-order chi connectivity index (χ0) is 15.5. The van der Waals surface area contributed by atoms with Gasteiger partial charge in [-0.05, 0) is 50.4 Å². The Labute approximate surface area is 131 Å². The maximum Gasteiger partial charge on any atom is 0.132 e. The first-order valence-electron chi connectivity index (χ1n) is 8.21. The Morgan fingerprint density at radius 1 is 1.41 bits per heavy atom. The quantitative estimate of drug-likeness (QED) is 0.854. The summed E-state index contributed by atoms with van der Waals surface area (Å²) < 4.78 is 21.9. The second kappa shape index (κ2) is 6.80. The minimum Gasteiger partial charge on any atom is -0.385 e. The highest BCUT2D eigenvalue weighted by Gasteiger charge is 2.24. The smallest absolute Gasteiger partial charge is 0.132 e. The number of rotatable bonds is 5. The van der Waals surface area contributed by atoms with Gasteiger partial charge in [-0.25, -0.2) is 4.39 Å². The Bertz CT molecular complexity index is 644. The summed E-state index contributed by atoms with van der Waals surface area (Å²) >= 11 is 0. The number of nitrogens with one attached hydrogen (secondary N) is 1. The third-order valence-corrected chi connectivity index (χ3v) is 4.75. The summed E-state index contributed by atoms with van der Waals surface area (Å²) in [6, 6.07) is 5.42. The minimum absolute atomic E-state index is 0.106. The molecule has 1 saturated heterocycles. The van der Waals surface area contributed by atoms with Crippen LogP contribution in [0.25, 0.3) is 10.9 Å². The molecule has 2 heterocycles. The Morgan fingerprint density at radius 2 is 2.27 bits per heavy atom. The molecule has 0 spiro atoms. The average molecular weight is 304 g/mol. The summed E-state index contributed by atoms with van der Waals surface area (Å²) in [6.07, 6.45) is 3.31. The number of hydrogen-bond donors (Lipinski definition) is 1. The zero-order valence-electron chi connectivity index (χ0n) is 13.5. The molecule has 1 aliphatic heterocycles. The van der Waals surface area contributed by atoms with E-state index in [4.69, 9.17) is 4.74 Å². The minimum atomic E-state index is -0.106. The number of benzene rings is 1. The number of piperidine rings is 1. The second-order valence-corrected chi connectivity index (χ2v) is 6.19. The van der Waals surface area contributed by atoms with E-state index in [0.717, 1.165) is 49.1 Å². The second-order valence-electron chi connectivity index (χ2n) is 6.19. The Balaban J connectivity index is 2.08. The van der Waals surface area contributed by atoms with Crippen LogP contribution in [0.1, 0.15) is 36.4 Å². The first-order chi connectivity index (χ1) is 10.7. The normalized spacial score (nSPS) is 19.0. The molecular formula is C18H25FN2O. The summed E-state index contributed by atoms with van der Waals surface area (Å²) in [5.41, 5.74) is 3.44. The third kappa shape index (κ3) is 2.77. The van der Waals surface area contributed by atoms with E-state index in [1.165, 1.54) is 18.5 Å². The van der Waals surface area contributed by atoms with Gasteiger partial charge in [-0.3, -0.25) is 0 Å². The molecule has 1 unspecified atom stereocenters. The van der Waals surface area contributed by atoms with Crippen molar-refractivity contribution in [2.75, 3.05) is 26.8 Å². The van der Waals surface area contributed by atoms with Crippen LogP contribution in [-0.2, 0) is 11.3 Å². The lowest BCUT2D eigenvalue weighted by Gasteiger charge is -2.25. The molecule has 1 N–H and O–H groups in total. The summed E-state index contributed by atoms with van der Waals surface area (Å²) in [5, 5.41) is 4.27. The molecule has 0 amide bonds. The number of ether oxygens (including phenoxy) is 1. The van der Waals surface area contributed by atoms with Gasteiger partial charge in [-0.1, -0.05) is 6.07 Å². The maximum absolute atomic E-state index is 14.3. The molecule has 1 aromatic carbocycles. The first kappa shape index (κ1) is 15.5. The van der Waals surface area contributed by atoms with E-state index < -0.39 is 0 Å². The molecule has 0 saturated carbocycles. The molecule has 1 atom stereocenters. The van der Waals surface area contributed by atoms with Crippen LogP contribution >= 0.6 is 0 Å². The Morgan fingerprint density at radius 3 is 3.00 bits per heavy atom. The van der Waals surface area contributed by atoms with E-state index >= 15 is 0 Å². The topological polar surface area (TPSA) is 26.2 Å². The highest BCUT2D eigenvalue weighted by Crippen LogP contribution is 2.35. The van der Waals surface area contributed by atoms with Crippen molar-refractivity contribution in [3.8, 4) is 0 Å². The fourth-order valence-electron chi connectivity index (χ4n) is 3.79. The van der Waals surface area contributed by atoms with Crippen molar-refractivity contribution in [1.82, 2.24) is 9.88 Å². The number of methoxy groups -OCH3 is 1. The zero-order valence-corrected chi connectivity index (χ0v) is 13.5. The molecule has 0 bridgehead atoms. The molecule has 120 valence electrons. The van der Waals surface area contributed by atoms with Gasteiger partial charge in [0.05, 0.1) is 5.52 Å². The van der Waals surface area contributed by atoms with Gasteiger partial charge < -0.3 is 14.6 Å². The van der Waals surface area contributed by atoms with Crippen molar-refractivity contribution in [1.29, 1.82) is 0 Å². The van der Waals surface area contributed by atoms with Crippen molar-refractivity contribution < 1.29 is 9.13 Å². The first-order valence-corrected chi connectivity index (χ1v) is 8.21. The fourth-order valence-corrected chi connectivity index (χ4v) is 3.79. The number of nitrogens with zero attached hydrogens (tertiary/aromatic N) is 1. The van der Waals surface area contributed by atoms with Crippen LogP contribution in [0.5, 0.6) is 0 Å². The lowest BCUT2D eigenvalue weighted by Crippen LogP contribution is -2.30. The highest BCUT2D eigenvalue weighted by atomic mass is 19.1. The molecular weight excluding hydrogens is 279 g/mol. The van der Waals surface area contributed by atoms with Gasteiger partial charge in [0.1, 0.15) is 5.82 Å². The Hall–Kier alpha value is -1.39. The predicted molar refractivity (Wildman–Crippen MR) is 88.0 cm³/mol. The summed E-state index contributed by atoms with van der Waals surface area (Å²) in [6.45, 7) is 5.77. The molecule has 22 heavy (non-hydrogen) atoms. The molecule has 2 aromatic rings. The molecule has 1 fully saturated rings. The van der Waals surface area contributed by atoms with Gasteiger partial charge in [0.25, 0.3) is 0 Å². The standard InChI is InChI=1S/C18H25FN2O/c1-13-17-15(19)7-3-8-16(17)21(10-5-11-22-2)18(13)14-6-4-9-20-12-14/h3,7-8,14,20H,4-6,9-12H2,1-2H3. The van der Waals surface area contributed by atoms with E-state index in [9.17, 15) is 4.39 Å². The van der Waals surface area contributed by atoms with E-state index in [2.05, 4.69) is 16.8 Å². The van der Waals surface area contributed by atoms with Crippen LogP contribution in [-0.4, -0.2) is 31.4 Å². The van der Waals surface area contributed by atoms with E-state index in [1.807, 2.05) is 12.1 Å². The van der Waals surface area contributed by atoms with Crippen LogP contribution in [0, 0.1) is 12.7 Å². The van der Waals surface area contributed by atoms with Crippen molar-refractivity contribution in [2.45, 2.75) is 38.6 Å². The molecule has 1 aromatic heterocycles. The third-order valence-electron chi connectivity index (χ3n) is 4.75. The van der Waals surface area contributed by atoms with Crippen LogP contribution in [0.15, 0.2) is 18.2 Å². The molecule has 3 rings (SSSR count). The lowest BCUT2D eigenvalue weighted by molar-refractivity contribution is 0.190. The largest absolute Gasteiger partial charge is 0.385 e. The van der Waals surface area contributed by atoms with Crippen molar-refractivity contribution in [3.05, 3.63) is 35.3 Å². The van der Waals surface area contributed by atoms with Gasteiger partial charge in [0.15, 0.2) is 0 Å². The van der Waals surface area contributed by atoms with E-state index in [-0.39, 0.29) is 5.82 Å². The average Bonchev–Trinajstić information content (AvgIpc) is 2.82. The van der Waals surface area contributed by atoms with Gasteiger partial charge in [-0.15, -0.1) is 0 Å². The lowest BCUT2D eigenvalue weighted by atomic mass is 9.93. The number of fused-ring (bicyclic) bond motifs is 1. The highest BCUT2D eigenvalue weighted by molar-refractivity contribution is 5.86. The maximum atomic E-state index is 14.3. The number of aromatic nitrogens is 1. The summed E-state index contributed by atoms with van der Waals surface area (Å²) in [5.74, 6) is 0.369. The monoisotopic (exact) mass is 304 g/mol. The van der Waals surface area contributed by atoms with Crippen LogP contribution < -0.4 is 5.32 Å². The molecule has 0 aliphatic carbocycles. The summed E-state index contributed by atoms with van der Waals surface area (Å²) in [7, 11) is 1.73. The van der Waals surface area contributed by atoms with Crippen LogP contribution in [0.3, 0.4) is 0 Å². The van der Waals surface area contributed by atoms with Gasteiger partial charge in [0.2, 0.25) is 0 Å². The molecule has 3 nitrogen and oxygen atoms in total. The van der Waals surface area contributed by atoms with Crippen molar-refractivity contribution in [2.24, 2.45) is 0 Å². The summed E-state index contributed by atoms with van der Waals surface area (Å²) in [4.78, 5) is 0. The van der Waals surface area contributed by atoms with Crippen molar-refractivity contribution in [3.63, 3.8) is 0 Å². The van der Waals surface area contributed by atoms with Gasteiger partial charge in [-0.2, -0.15) is 0 Å². The van der Waals surface area contributed by atoms with Crippen LogP contribution in [0.2, 0.25) is 0 Å². The van der Waals surface area contributed by atoms with Gasteiger partial charge in [0, 0.05) is 43.8 Å². The Kier molecular flexibility index (Phi) is 4.79. The fraction of sp³-hybridized carbons (Fsp3) is 0.556. The van der Waals surface area contributed by atoms with E-state index in [0.29, 0.717) is 5.92 Å². The van der Waals surface area contributed by atoms with Crippen LogP contribution in [0.4, 0.5) is 4.39 Å². The SMILES string of the molecule is COCCCn1c(C2CCCNC2)c(C)c2c(F)cccc21.